The molecule has 1 atom stereocenters. The van der Waals surface area contributed by atoms with E-state index in [0.717, 1.165) is 22.6 Å². The minimum atomic E-state index is -0.468. The fourth-order valence-corrected chi connectivity index (χ4v) is 3.82. The molecule has 28 heavy (non-hydrogen) atoms. The third kappa shape index (κ3) is 4.39. The van der Waals surface area contributed by atoms with Gasteiger partial charge in [-0.15, -0.1) is 0 Å². The van der Waals surface area contributed by atoms with E-state index in [4.69, 9.17) is 4.74 Å². The number of carbonyl (C=O) groups excluding carboxylic acids is 3. The average Bonchev–Trinajstić information content (AvgIpc) is 3.18. The first-order chi connectivity index (χ1) is 13.2. The molecule has 0 spiro atoms. The second-order valence-electron chi connectivity index (χ2n) is 7.12. The number of amides is 2. The number of ether oxygens (including phenoxy) is 1. The average molecular weight is 401 g/mol. The van der Waals surface area contributed by atoms with E-state index in [1.165, 1.54) is 0 Å². The number of aromatic nitrogens is 1. The number of aryl methyl sites for hydroxylation is 2. The molecule has 1 N–H and O–H groups in total. The van der Waals surface area contributed by atoms with Gasteiger partial charge in [-0.2, -0.15) is 0 Å². The number of anilines is 2. The van der Waals surface area contributed by atoms with Crippen LogP contribution in [0.25, 0.3) is 0 Å². The normalized spacial score (nSPS) is 16.5. The van der Waals surface area contributed by atoms with Crippen LogP contribution in [0.15, 0.2) is 24.3 Å². The van der Waals surface area contributed by atoms with Crippen LogP contribution in [-0.2, 0) is 14.3 Å². The van der Waals surface area contributed by atoms with Crippen LogP contribution < -0.4 is 10.2 Å². The van der Waals surface area contributed by atoms with Crippen molar-refractivity contribution in [3.8, 4) is 0 Å². The molecule has 1 aliphatic rings. The molecule has 1 saturated heterocycles. The zero-order valence-electron chi connectivity index (χ0n) is 16.3. The standard InChI is InChI=1S/C20H23N3O4S/c1-11(2)27-19(26)17-13(4)21-20(28-17)22-18(25)14-9-16(24)23(10-14)15-7-5-12(3)6-8-15/h5-8,11,14H,9-10H2,1-4H3,(H,21,22,25). The highest BCUT2D eigenvalue weighted by Gasteiger charge is 2.35. The molecule has 2 aromatic rings. The number of benzene rings is 1. The van der Waals surface area contributed by atoms with E-state index >= 15 is 0 Å². The Bertz CT molecular complexity index is 905. The lowest BCUT2D eigenvalue weighted by Gasteiger charge is -2.16. The van der Waals surface area contributed by atoms with Crippen molar-refractivity contribution >= 4 is 39.9 Å². The van der Waals surface area contributed by atoms with Crippen LogP contribution in [0.1, 0.15) is 41.2 Å². The summed E-state index contributed by atoms with van der Waals surface area (Å²) in [5.74, 6) is -1.28. The van der Waals surface area contributed by atoms with E-state index in [0.29, 0.717) is 22.2 Å². The molecule has 0 radical (unpaired) electrons. The Morgan fingerprint density at radius 3 is 2.57 bits per heavy atom. The Labute approximate surface area is 167 Å². The smallest absolute Gasteiger partial charge is 0.350 e. The van der Waals surface area contributed by atoms with E-state index in [9.17, 15) is 14.4 Å². The summed E-state index contributed by atoms with van der Waals surface area (Å²) in [5, 5.41) is 3.07. The van der Waals surface area contributed by atoms with E-state index in [-0.39, 0.29) is 24.3 Å². The quantitative estimate of drug-likeness (QED) is 0.777. The van der Waals surface area contributed by atoms with Crippen LogP contribution in [0.3, 0.4) is 0 Å². The summed E-state index contributed by atoms with van der Waals surface area (Å²) in [5.41, 5.74) is 2.40. The number of carbonyl (C=O) groups is 3. The van der Waals surface area contributed by atoms with E-state index in [1.807, 2.05) is 31.2 Å². The Hall–Kier alpha value is -2.74. The summed E-state index contributed by atoms with van der Waals surface area (Å²) in [6.07, 6.45) is -0.0870. The first kappa shape index (κ1) is 20.0. The van der Waals surface area contributed by atoms with Gasteiger partial charge in [-0.3, -0.25) is 9.59 Å². The van der Waals surface area contributed by atoms with Gasteiger partial charge in [0.05, 0.1) is 17.7 Å². The fourth-order valence-electron chi connectivity index (χ4n) is 2.97. The minimum Gasteiger partial charge on any atom is -0.459 e. The molecular formula is C20H23N3O4S. The van der Waals surface area contributed by atoms with Crippen molar-refractivity contribution in [2.45, 2.75) is 40.2 Å². The Kier molecular flexibility index (Phi) is 5.79. The van der Waals surface area contributed by atoms with Crippen LogP contribution in [0, 0.1) is 19.8 Å². The van der Waals surface area contributed by atoms with Gasteiger partial charge >= 0.3 is 5.97 Å². The second-order valence-corrected chi connectivity index (χ2v) is 8.12. The van der Waals surface area contributed by atoms with E-state index in [1.54, 1.807) is 25.7 Å². The van der Waals surface area contributed by atoms with Crippen molar-refractivity contribution < 1.29 is 19.1 Å². The zero-order chi connectivity index (χ0) is 20.4. The number of rotatable bonds is 5. The molecule has 2 heterocycles. The Morgan fingerprint density at radius 2 is 1.93 bits per heavy atom. The number of hydrogen-bond donors (Lipinski definition) is 1. The molecule has 0 bridgehead atoms. The zero-order valence-corrected chi connectivity index (χ0v) is 17.1. The first-order valence-electron chi connectivity index (χ1n) is 9.11. The number of nitrogens with one attached hydrogen (secondary N) is 1. The summed E-state index contributed by atoms with van der Waals surface area (Å²) in [6, 6.07) is 7.63. The summed E-state index contributed by atoms with van der Waals surface area (Å²) in [4.78, 5) is 43.3. The largest absolute Gasteiger partial charge is 0.459 e. The van der Waals surface area contributed by atoms with Crippen molar-refractivity contribution in [2.75, 3.05) is 16.8 Å². The molecule has 1 fully saturated rings. The van der Waals surface area contributed by atoms with Gasteiger partial charge in [-0.25, -0.2) is 9.78 Å². The maximum atomic E-state index is 12.6. The fraction of sp³-hybridized carbons (Fsp3) is 0.400. The number of thiazole rings is 1. The molecule has 8 heteroatoms. The van der Waals surface area contributed by atoms with Crippen molar-refractivity contribution in [1.29, 1.82) is 0 Å². The third-order valence-corrected chi connectivity index (χ3v) is 5.45. The van der Waals surface area contributed by atoms with Gasteiger partial charge < -0.3 is 15.0 Å². The topological polar surface area (TPSA) is 88.6 Å². The van der Waals surface area contributed by atoms with Crippen molar-refractivity contribution in [3.63, 3.8) is 0 Å². The van der Waals surface area contributed by atoms with Gasteiger partial charge in [0.2, 0.25) is 11.8 Å². The highest BCUT2D eigenvalue weighted by atomic mass is 32.1. The lowest BCUT2D eigenvalue weighted by atomic mass is 10.1. The van der Waals surface area contributed by atoms with Gasteiger partial charge in [0, 0.05) is 18.7 Å². The first-order valence-corrected chi connectivity index (χ1v) is 9.92. The lowest BCUT2D eigenvalue weighted by Crippen LogP contribution is -2.28. The second kappa shape index (κ2) is 8.10. The monoisotopic (exact) mass is 401 g/mol. The van der Waals surface area contributed by atoms with Crippen molar-refractivity contribution in [1.82, 2.24) is 4.98 Å². The van der Waals surface area contributed by atoms with Crippen LogP contribution >= 0.6 is 11.3 Å². The molecule has 2 amide bonds. The Balaban J connectivity index is 1.66. The molecule has 0 aliphatic carbocycles. The van der Waals surface area contributed by atoms with Crippen molar-refractivity contribution in [2.24, 2.45) is 5.92 Å². The molecule has 1 unspecified atom stereocenters. The summed E-state index contributed by atoms with van der Waals surface area (Å²) in [7, 11) is 0. The molecule has 3 rings (SSSR count). The Morgan fingerprint density at radius 1 is 1.25 bits per heavy atom. The molecule has 1 aliphatic heterocycles. The minimum absolute atomic E-state index is 0.0828. The van der Waals surface area contributed by atoms with E-state index < -0.39 is 11.9 Å². The van der Waals surface area contributed by atoms with E-state index in [2.05, 4.69) is 10.3 Å². The number of nitrogens with zero attached hydrogens (tertiary/aromatic N) is 2. The number of esters is 1. The maximum Gasteiger partial charge on any atom is 0.350 e. The highest BCUT2D eigenvalue weighted by Crippen LogP contribution is 2.28. The predicted octanol–water partition coefficient (Wildman–Crippen LogP) is 3.32. The number of hydrogen-bond acceptors (Lipinski definition) is 6. The summed E-state index contributed by atoms with van der Waals surface area (Å²) < 4.78 is 5.19. The lowest BCUT2D eigenvalue weighted by molar-refractivity contribution is -0.122. The van der Waals surface area contributed by atoms with Crippen LogP contribution in [0.5, 0.6) is 0 Å². The van der Waals surface area contributed by atoms with Crippen LogP contribution in [0.4, 0.5) is 10.8 Å². The molecule has 0 saturated carbocycles. The SMILES string of the molecule is Cc1ccc(N2CC(C(=O)Nc3nc(C)c(C(=O)OC(C)C)s3)CC2=O)cc1. The third-order valence-electron chi connectivity index (χ3n) is 4.40. The predicted molar refractivity (Wildman–Crippen MR) is 108 cm³/mol. The van der Waals surface area contributed by atoms with Gasteiger partial charge in [0.15, 0.2) is 5.13 Å². The summed E-state index contributed by atoms with van der Waals surface area (Å²) in [6.45, 7) is 7.54. The molecule has 148 valence electrons. The van der Waals surface area contributed by atoms with Crippen molar-refractivity contribution in [3.05, 3.63) is 40.4 Å². The molecule has 1 aromatic heterocycles. The van der Waals surface area contributed by atoms with Crippen LogP contribution in [0.2, 0.25) is 0 Å². The maximum absolute atomic E-state index is 12.6. The highest BCUT2D eigenvalue weighted by molar-refractivity contribution is 7.17. The van der Waals surface area contributed by atoms with Gasteiger partial charge in [0.25, 0.3) is 0 Å². The van der Waals surface area contributed by atoms with Gasteiger partial charge in [-0.05, 0) is 39.8 Å². The van der Waals surface area contributed by atoms with Gasteiger partial charge in [-0.1, -0.05) is 29.0 Å². The molecular weight excluding hydrogens is 378 g/mol. The molecule has 1 aromatic carbocycles. The summed E-state index contributed by atoms with van der Waals surface area (Å²) >= 11 is 1.08. The van der Waals surface area contributed by atoms with Gasteiger partial charge in [0.1, 0.15) is 4.88 Å². The van der Waals surface area contributed by atoms with Crippen LogP contribution in [-0.4, -0.2) is 35.4 Å². The molecule has 7 nitrogen and oxygen atoms in total.